The molecule has 0 aliphatic carbocycles. The average Bonchev–Trinajstić information content (AvgIpc) is 3.30. The molecule has 0 saturated carbocycles. The Balaban J connectivity index is 1.24. The first-order chi connectivity index (χ1) is 17.2. The Bertz CT molecular complexity index is 1300. The quantitative estimate of drug-likeness (QED) is 0.521. The van der Waals surface area contributed by atoms with Crippen LogP contribution < -0.4 is 4.90 Å². The third-order valence-electron chi connectivity index (χ3n) is 6.46. The fourth-order valence-corrected chi connectivity index (χ4v) is 4.75. The van der Waals surface area contributed by atoms with Crippen molar-refractivity contribution in [3.8, 4) is 0 Å². The van der Waals surface area contributed by atoms with E-state index in [0.717, 1.165) is 17.8 Å². The van der Waals surface area contributed by atoms with Gasteiger partial charge in [0.25, 0.3) is 11.8 Å². The van der Waals surface area contributed by atoms with E-state index in [1.165, 1.54) is 21.7 Å². The lowest BCUT2D eigenvalue weighted by molar-refractivity contribution is -0.137. The Hall–Kier alpha value is -3.53. The molecule has 2 amide bonds. The van der Waals surface area contributed by atoms with Crippen LogP contribution in [-0.2, 0) is 19.3 Å². The molecule has 3 heterocycles. The fraction of sp³-hybridized carbons (Fsp3) is 0.320. The standard InChI is InChI=1S/C25H23ClF3N5O2/c26-19-5-2-6-20(14-19)31-7-9-32(10-8-31)23(35)21-15-22-24(36)33(11-12-34(22)30-21)16-17-3-1-4-18(13-17)25(27,28)29/h1-6,13-15H,7-12,16H2. The second kappa shape index (κ2) is 9.50. The summed E-state index contributed by atoms with van der Waals surface area (Å²) in [5.74, 6) is -0.615. The first-order valence-electron chi connectivity index (χ1n) is 11.5. The predicted molar refractivity (Wildman–Crippen MR) is 128 cm³/mol. The highest BCUT2D eigenvalue weighted by Crippen LogP contribution is 2.30. The van der Waals surface area contributed by atoms with Crippen molar-refractivity contribution >= 4 is 29.1 Å². The summed E-state index contributed by atoms with van der Waals surface area (Å²) < 4.78 is 40.6. The van der Waals surface area contributed by atoms with Gasteiger partial charge < -0.3 is 14.7 Å². The van der Waals surface area contributed by atoms with Crippen molar-refractivity contribution in [1.82, 2.24) is 19.6 Å². The molecule has 1 fully saturated rings. The molecule has 0 N–H and O–H groups in total. The molecule has 0 atom stereocenters. The lowest BCUT2D eigenvalue weighted by atomic mass is 10.1. The van der Waals surface area contributed by atoms with E-state index in [9.17, 15) is 22.8 Å². The molecule has 2 aliphatic rings. The molecular weight excluding hydrogens is 495 g/mol. The number of halogens is 4. The van der Waals surface area contributed by atoms with Gasteiger partial charge in [0, 0.05) is 56.0 Å². The van der Waals surface area contributed by atoms with E-state index >= 15 is 0 Å². The molecule has 7 nitrogen and oxygen atoms in total. The molecule has 0 radical (unpaired) electrons. The van der Waals surface area contributed by atoms with Gasteiger partial charge in [0.1, 0.15) is 5.69 Å². The molecule has 2 aliphatic heterocycles. The third-order valence-corrected chi connectivity index (χ3v) is 6.69. The van der Waals surface area contributed by atoms with Crippen LogP contribution in [0.1, 0.15) is 32.1 Å². The van der Waals surface area contributed by atoms with Crippen LogP contribution >= 0.6 is 11.6 Å². The molecule has 0 spiro atoms. The molecule has 188 valence electrons. The number of carbonyl (C=O) groups excluding carboxylic acids is 2. The van der Waals surface area contributed by atoms with Crippen molar-refractivity contribution in [2.24, 2.45) is 0 Å². The summed E-state index contributed by atoms with van der Waals surface area (Å²) in [6.45, 7) is 2.98. The number of rotatable bonds is 4. The van der Waals surface area contributed by atoms with E-state index in [4.69, 9.17) is 11.6 Å². The first-order valence-corrected chi connectivity index (χ1v) is 11.9. The highest BCUT2D eigenvalue weighted by atomic mass is 35.5. The number of nitrogens with zero attached hydrogens (tertiary/aromatic N) is 5. The smallest absolute Gasteiger partial charge is 0.368 e. The Labute approximate surface area is 210 Å². The summed E-state index contributed by atoms with van der Waals surface area (Å²) in [5, 5.41) is 5.01. The van der Waals surface area contributed by atoms with E-state index < -0.39 is 11.7 Å². The number of alkyl halides is 3. The summed E-state index contributed by atoms with van der Waals surface area (Å²) in [5.41, 5.74) is 1.08. The SMILES string of the molecule is O=C(c1cc2n(n1)CCN(Cc1cccc(C(F)(F)F)c1)C2=O)N1CCN(c2cccc(Cl)c2)CC1. The molecular formula is C25H23ClF3N5O2. The number of piperazine rings is 1. The Kier molecular flexibility index (Phi) is 6.38. The van der Waals surface area contributed by atoms with E-state index in [2.05, 4.69) is 10.00 Å². The van der Waals surface area contributed by atoms with Gasteiger partial charge in [0.05, 0.1) is 12.1 Å². The Morgan fingerprint density at radius 2 is 1.69 bits per heavy atom. The van der Waals surface area contributed by atoms with Gasteiger partial charge in [0.15, 0.2) is 5.69 Å². The Morgan fingerprint density at radius 3 is 2.42 bits per heavy atom. The minimum Gasteiger partial charge on any atom is -0.368 e. The lowest BCUT2D eigenvalue weighted by Crippen LogP contribution is -2.48. The Morgan fingerprint density at radius 1 is 0.944 bits per heavy atom. The van der Waals surface area contributed by atoms with Gasteiger partial charge >= 0.3 is 6.18 Å². The average molecular weight is 518 g/mol. The summed E-state index contributed by atoms with van der Waals surface area (Å²) >= 11 is 6.09. The second-order valence-electron chi connectivity index (χ2n) is 8.82. The van der Waals surface area contributed by atoms with Gasteiger partial charge in [-0.3, -0.25) is 14.3 Å². The maximum absolute atomic E-state index is 13.1. The van der Waals surface area contributed by atoms with Crippen LogP contribution in [-0.4, -0.2) is 64.1 Å². The highest BCUT2D eigenvalue weighted by molar-refractivity contribution is 6.30. The van der Waals surface area contributed by atoms with Gasteiger partial charge in [-0.1, -0.05) is 29.8 Å². The number of anilines is 1. The monoisotopic (exact) mass is 517 g/mol. The van der Waals surface area contributed by atoms with Crippen LogP contribution in [0.15, 0.2) is 54.6 Å². The van der Waals surface area contributed by atoms with Crippen LogP contribution in [0, 0.1) is 0 Å². The van der Waals surface area contributed by atoms with Crippen LogP contribution in [0.2, 0.25) is 5.02 Å². The van der Waals surface area contributed by atoms with E-state index in [-0.39, 0.29) is 36.3 Å². The van der Waals surface area contributed by atoms with Gasteiger partial charge in [0.2, 0.25) is 0 Å². The second-order valence-corrected chi connectivity index (χ2v) is 9.26. The molecule has 1 saturated heterocycles. The number of carbonyl (C=O) groups is 2. The highest BCUT2D eigenvalue weighted by Gasteiger charge is 2.32. The van der Waals surface area contributed by atoms with E-state index in [0.29, 0.717) is 43.3 Å². The largest absolute Gasteiger partial charge is 0.416 e. The van der Waals surface area contributed by atoms with E-state index in [1.54, 1.807) is 11.0 Å². The first kappa shape index (κ1) is 24.2. The minimum atomic E-state index is -4.45. The van der Waals surface area contributed by atoms with Gasteiger partial charge in [-0.05, 0) is 35.9 Å². The maximum atomic E-state index is 13.1. The maximum Gasteiger partial charge on any atom is 0.416 e. The van der Waals surface area contributed by atoms with Crippen LogP contribution in [0.4, 0.5) is 18.9 Å². The van der Waals surface area contributed by atoms with Crippen molar-refractivity contribution in [3.63, 3.8) is 0 Å². The van der Waals surface area contributed by atoms with Gasteiger partial charge in [-0.2, -0.15) is 18.3 Å². The fourth-order valence-electron chi connectivity index (χ4n) is 4.56. The summed E-state index contributed by atoms with van der Waals surface area (Å²) in [6.07, 6.45) is -4.45. The number of hydrogen-bond donors (Lipinski definition) is 0. The minimum absolute atomic E-state index is 0.0443. The van der Waals surface area contributed by atoms with E-state index in [1.807, 2.05) is 24.3 Å². The van der Waals surface area contributed by atoms with Gasteiger partial charge in [-0.25, -0.2) is 0 Å². The molecule has 5 rings (SSSR count). The van der Waals surface area contributed by atoms with Crippen molar-refractivity contribution in [3.05, 3.63) is 82.1 Å². The third kappa shape index (κ3) is 4.90. The summed E-state index contributed by atoms with van der Waals surface area (Å²) in [7, 11) is 0. The normalized spacial score (nSPS) is 16.3. The molecule has 0 bridgehead atoms. The van der Waals surface area contributed by atoms with Gasteiger partial charge in [-0.15, -0.1) is 0 Å². The molecule has 36 heavy (non-hydrogen) atoms. The number of aromatic nitrogens is 2. The zero-order valence-electron chi connectivity index (χ0n) is 19.2. The van der Waals surface area contributed by atoms with Crippen LogP contribution in [0.3, 0.4) is 0 Å². The summed E-state index contributed by atoms with van der Waals surface area (Å²) in [6, 6.07) is 14.0. The zero-order chi connectivity index (χ0) is 25.4. The summed E-state index contributed by atoms with van der Waals surface area (Å²) in [4.78, 5) is 31.5. The molecule has 1 aromatic heterocycles. The number of amides is 2. The molecule has 3 aromatic rings. The van der Waals surface area contributed by atoms with Crippen molar-refractivity contribution in [2.45, 2.75) is 19.3 Å². The molecule has 0 unspecified atom stereocenters. The lowest BCUT2D eigenvalue weighted by Gasteiger charge is -2.35. The van der Waals surface area contributed by atoms with Crippen molar-refractivity contribution in [2.75, 3.05) is 37.6 Å². The van der Waals surface area contributed by atoms with Crippen LogP contribution in [0.5, 0.6) is 0 Å². The molecule has 2 aromatic carbocycles. The molecule has 11 heteroatoms. The number of hydrogen-bond acceptors (Lipinski definition) is 4. The zero-order valence-corrected chi connectivity index (χ0v) is 20.0. The van der Waals surface area contributed by atoms with Crippen molar-refractivity contribution < 1.29 is 22.8 Å². The number of benzene rings is 2. The topological polar surface area (TPSA) is 61.7 Å². The predicted octanol–water partition coefficient (Wildman–Crippen LogP) is 4.17. The van der Waals surface area contributed by atoms with Crippen molar-refractivity contribution in [1.29, 1.82) is 0 Å². The number of fused-ring (bicyclic) bond motifs is 1. The van der Waals surface area contributed by atoms with Crippen LogP contribution in [0.25, 0.3) is 0 Å².